The van der Waals surface area contributed by atoms with Crippen LogP contribution < -0.4 is 11.1 Å². The summed E-state index contributed by atoms with van der Waals surface area (Å²) in [4.78, 5) is 46.7. The number of halogens is 4. The van der Waals surface area contributed by atoms with Crippen molar-refractivity contribution in [2.45, 2.75) is 20.0 Å². The van der Waals surface area contributed by atoms with Crippen molar-refractivity contribution >= 4 is 108 Å². The molecule has 1 unspecified atom stereocenters. The van der Waals surface area contributed by atoms with Gasteiger partial charge in [-0.05, 0) is 86.3 Å². The van der Waals surface area contributed by atoms with Crippen LogP contribution in [0, 0.1) is 10.7 Å². The second-order valence-electron chi connectivity index (χ2n) is 4.45. The molecule has 1 aromatic carbocycles. The van der Waals surface area contributed by atoms with E-state index in [0.717, 1.165) is 0 Å². The van der Waals surface area contributed by atoms with Gasteiger partial charge in [-0.3, -0.25) is 14.4 Å². The Kier molecular flexibility index (Phi) is 8.12. The molecule has 0 saturated carbocycles. The Hall–Kier alpha value is -0.220. The zero-order chi connectivity index (χ0) is 18.8. The highest BCUT2D eigenvalue weighted by Gasteiger charge is 2.30. The molecular formula is C13H10ClI3N2O5. The van der Waals surface area contributed by atoms with E-state index in [4.69, 9.17) is 22.1 Å². The molecule has 0 aliphatic carbocycles. The molecule has 0 radical (unpaired) electrons. The first kappa shape index (κ1) is 21.8. The van der Waals surface area contributed by atoms with Crippen molar-refractivity contribution in [2.75, 3.05) is 5.32 Å². The van der Waals surface area contributed by atoms with E-state index in [1.807, 2.05) is 67.8 Å². The normalized spacial score (nSPS) is 11.6. The van der Waals surface area contributed by atoms with Gasteiger partial charge in [0.1, 0.15) is 0 Å². The lowest BCUT2D eigenvalue weighted by Gasteiger charge is -2.19. The number of Topliss-reactive ketones (excluding diaryl/α,β-unsaturated/α-hetero) is 1. The first-order chi connectivity index (χ1) is 11.0. The summed E-state index contributed by atoms with van der Waals surface area (Å²) in [6.07, 6.45) is -1.07. The highest BCUT2D eigenvalue weighted by molar-refractivity contribution is 14.1. The summed E-state index contributed by atoms with van der Waals surface area (Å²) in [6, 6.07) is -0.855. The summed E-state index contributed by atoms with van der Waals surface area (Å²) >= 11 is 11.1. The van der Waals surface area contributed by atoms with Gasteiger partial charge in [-0.25, -0.2) is 4.79 Å². The maximum Gasteiger partial charge on any atom is 0.316 e. The van der Waals surface area contributed by atoms with Gasteiger partial charge in [0.25, 0.3) is 5.24 Å². The molecule has 0 aliphatic rings. The van der Waals surface area contributed by atoms with Crippen LogP contribution in [0.5, 0.6) is 0 Å². The Morgan fingerprint density at radius 1 is 1.08 bits per heavy atom. The molecule has 0 fully saturated rings. The lowest BCUT2D eigenvalue weighted by molar-refractivity contribution is -0.143. The number of nitrogens with one attached hydrogen (secondary N) is 1. The van der Waals surface area contributed by atoms with Crippen LogP contribution in [-0.4, -0.2) is 29.1 Å². The van der Waals surface area contributed by atoms with Crippen molar-refractivity contribution in [3.8, 4) is 0 Å². The number of ether oxygens (including phenoxy) is 1. The summed E-state index contributed by atoms with van der Waals surface area (Å²) in [7, 11) is 0. The van der Waals surface area contributed by atoms with E-state index >= 15 is 0 Å². The van der Waals surface area contributed by atoms with E-state index in [2.05, 4.69) is 5.32 Å². The molecule has 0 aromatic heterocycles. The molecule has 1 rings (SSSR count). The fourth-order valence-corrected chi connectivity index (χ4v) is 6.76. The lowest BCUT2D eigenvalue weighted by atomic mass is 10.0. The van der Waals surface area contributed by atoms with Gasteiger partial charge in [0, 0.05) is 14.1 Å². The van der Waals surface area contributed by atoms with Gasteiger partial charge < -0.3 is 15.8 Å². The zero-order valence-electron chi connectivity index (χ0n) is 12.2. The van der Waals surface area contributed by atoms with Crippen LogP contribution in [0.4, 0.5) is 10.5 Å². The number of esters is 1. The van der Waals surface area contributed by atoms with E-state index in [1.165, 1.54) is 13.8 Å². The number of anilines is 1. The molecule has 0 heterocycles. The lowest BCUT2D eigenvalue weighted by Crippen LogP contribution is -2.27. The average Bonchev–Trinajstić information content (AvgIpc) is 2.41. The number of urea groups is 1. The van der Waals surface area contributed by atoms with Gasteiger partial charge >= 0.3 is 12.0 Å². The fourth-order valence-electron chi connectivity index (χ4n) is 1.79. The van der Waals surface area contributed by atoms with Crippen LogP contribution in [0.25, 0.3) is 0 Å². The number of amides is 2. The zero-order valence-corrected chi connectivity index (χ0v) is 19.4. The first-order valence-corrected chi connectivity index (χ1v) is 9.78. The van der Waals surface area contributed by atoms with Crippen LogP contribution >= 0.6 is 79.4 Å². The van der Waals surface area contributed by atoms with Gasteiger partial charge in [-0.1, -0.05) is 0 Å². The van der Waals surface area contributed by atoms with Crippen molar-refractivity contribution < 1.29 is 23.9 Å². The molecule has 1 atom stereocenters. The third-order valence-corrected chi connectivity index (χ3v) is 6.15. The number of benzene rings is 1. The SMILES string of the molecule is CC(=O)OC(C)C(=O)c1c(I)c(NC(N)=O)c(I)c(C(=O)Cl)c1I. The van der Waals surface area contributed by atoms with Crippen molar-refractivity contribution in [2.24, 2.45) is 5.73 Å². The van der Waals surface area contributed by atoms with E-state index in [9.17, 15) is 19.2 Å². The standard InChI is InChI=1S/C13H10ClI3N2O5/c1-3(24-4(2)20)11(21)5-7(15)6(12(14)22)9(17)10(8(5)16)19-13(18)23/h3H,1-2H3,(H3,18,19,23). The Labute approximate surface area is 183 Å². The minimum absolute atomic E-state index is 0.0698. The van der Waals surface area contributed by atoms with Crippen molar-refractivity contribution in [3.63, 3.8) is 0 Å². The van der Waals surface area contributed by atoms with Gasteiger partial charge in [0.15, 0.2) is 6.10 Å². The Bertz CT molecular complexity index is 754. The van der Waals surface area contributed by atoms with E-state index in [-0.39, 0.29) is 16.8 Å². The Balaban J connectivity index is 3.67. The van der Waals surface area contributed by atoms with Crippen LogP contribution in [0.15, 0.2) is 0 Å². The van der Waals surface area contributed by atoms with Crippen molar-refractivity contribution in [3.05, 3.63) is 21.8 Å². The highest BCUT2D eigenvalue weighted by Crippen LogP contribution is 2.37. The van der Waals surface area contributed by atoms with Gasteiger partial charge in [0.05, 0.1) is 20.4 Å². The maximum atomic E-state index is 12.7. The molecule has 130 valence electrons. The molecule has 0 aliphatic heterocycles. The number of hydrogen-bond donors (Lipinski definition) is 2. The van der Waals surface area contributed by atoms with Crippen LogP contribution in [0.2, 0.25) is 0 Å². The number of nitrogens with two attached hydrogens (primary N) is 1. The van der Waals surface area contributed by atoms with Gasteiger partial charge in [0.2, 0.25) is 5.78 Å². The number of hydrogen-bond acceptors (Lipinski definition) is 5. The molecule has 0 bridgehead atoms. The highest BCUT2D eigenvalue weighted by atomic mass is 127. The van der Waals surface area contributed by atoms with E-state index in [1.54, 1.807) is 0 Å². The molecule has 0 spiro atoms. The van der Waals surface area contributed by atoms with Crippen molar-refractivity contribution in [1.82, 2.24) is 0 Å². The molecule has 3 N–H and O–H groups in total. The molecule has 0 saturated heterocycles. The molecule has 1 aromatic rings. The average molecular weight is 690 g/mol. The minimum atomic E-state index is -1.07. The molecular weight excluding hydrogens is 680 g/mol. The topological polar surface area (TPSA) is 116 Å². The van der Waals surface area contributed by atoms with Crippen LogP contribution in [0.1, 0.15) is 34.6 Å². The molecule has 24 heavy (non-hydrogen) atoms. The fraction of sp³-hybridized carbons (Fsp3) is 0.231. The number of primary amides is 1. The minimum Gasteiger partial charge on any atom is -0.454 e. The molecule has 11 heteroatoms. The quantitative estimate of drug-likeness (QED) is 0.213. The summed E-state index contributed by atoms with van der Waals surface area (Å²) < 4.78 is 5.93. The molecule has 7 nitrogen and oxygen atoms in total. The van der Waals surface area contributed by atoms with Crippen LogP contribution in [-0.2, 0) is 9.53 Å². The summed E-state index contributed by atoms with van der Waals surface area (Å²) in [6.45, 7) is 2.60. The van der Waals surface area contributed by atoms with Crippen LogP contribution in [0.3, 0.4) is 0 Å². The third-order valence-electron chi connectivity index (χ3n) is 2.72. The monoisotopic (exact) mass is 690 g/mol. The third kappa shape index (κ3) is 4.91. The summed E-state index contributed by atoms with van der Waals surface area (Å²) in [5, 5.41) is 1.60. The first-order valence-electron chi connectivity index (χ1n) is 6.17. The maximum absolute atomic E-state index is 12.7. The van der Waals surface area contributed by atoms with Gasteiger partial charge in [-0.2, -0.15) is 0 Å². The van der Waals surface area contributed by atoms with Gasteiger partial charge in [-0.15, -0.1) is 0 Å². The number of rotatable bonds is 5. The van der Waals surface area contributed by atoms with E-state index < -0.39 is 29.1 Å². The number of ketones is 1. The second-order valence-corrected chi connectivity index (χ2v) is 8.03. The van der Waals surface area contributed by atoms with Crippen molar-refractivity contribution in [1.29, 1.82) is 0 Å². The number of carbonyl (C=O) groups is 4. The van der Waals surface area contributed by atoms with E-state index in [0.29, 0.717) is 10.7 Å². The predicted molar refractivity (Wildman–Crippen MR) is 114 cm³/mol. The largest absolute Gasteiger partial charge is 0.454 e. The predicted octanol–water partition coefficient (Wildman–Crippen LogP) is 3.50. The smallest absolute Gasteiger partial charge is 0.316 e. The Morgan fingerprint density at radius 2 is 1.58 bits per heavy atom. The second kappa shape index (κ2) is 8.93. The number of carbonyl (C=O) groups excluding carboxylic acids is 4. The summed E-state index contributed by atoms with van der Waals surface area (Å²) in [5.74, 6) is -1.14. The Morgan fingerprint density at radius 3 is 2.00 bits per heavy atom. The molecule has 2 amide bonds. The summed E-state index contributed by atoms with van der Waals surface area (Å²) in [5.41, 5.74) is 5.54.